The smallest absolute Gasteiger partial charge is 0.193 e. The highest BCUT2D eigenvalue weighted by Crippen LogP contribution is 2.23. The first-order valence-corrected chi connectivity index (χ1v) is 11.5. The highest BCUT2D eigenvalue weighted by molar-refractivity contribution is 14.0. The minimum absolute atomic E-state index is 0. The lowest BCUT2D eigenvalue weighted by Gasteiger charge is -2.37. The summed E-state index contributed by atoms with van der Waals surface area (Å²) in [5, 5.41) is 3.55. The molecule has 2 saturated heterocycles. The van der Waals surface area contributed by atoms with E-state index in [2.05, 4.69) is 20.1 Å². The van der Waals surface area contributed by atoms with Gasteiger partial charge in [0.05, 0.1) is 19.3 Å². The molecule has 2 aliphatic rings. The molecule has 0 saturated carbocycles. The minimum atomic E-state index is -0.203. The number of nitrogens with one attached hydrogen (secondary N) is 1. The first-order chi connectivity index (χ1) is 15.7. The van der Waals surface area contributed by atoms with E-state index in [4.69, 9.17) is 9.47 Å². The fraction of sp³-hybridized carbons (Fsp3) is 0.480. The standard InChI is InChI=1S/C25H33FN4O2.HI/c1-27-25(30-12-10-23(11-13-30)32-22-8-3-2-4-9-22)28-19-24(29-14-16-31-17-15-29)20-6-5-7-21(26)18-20;/h2-9,18,23-24H,10-17,19H2,1H3,(H,27,28);1H. The first-order valence-electron chi connectivity index (χ1n) is 11.5. The summed E-state index contributed by atoms with van der Waals surface area (Å²) in [6.45, 7) is 5.52. The van der Waals surface area contributed by atoms with Gasteiger partial charge >= 0.3 is 0 Å². The summed E-state index contributed by atoms with van der Waals surface area (Å²) < 4.78 is 25.6. The van der Waals surface area contributed by atoms with Gasteiger partial charge in [-0.2, -0.15) is 0 Å². The summed E-state index contributed by atoms with van der Waals surface area (Å²) in [5.74, 6) is 1.61. The summed E-state index contributed by atoms with van der Waals surface area (Å²) in [4.78, 5) is 9.17. The maximum Gasteiger partial charge on any atom is 0.193 e. The third-order valence-corrected chi connectivity index (χ3v) is 6.17. The summed E-state index contributed by atoms with van der Waals surface area (Å²) >= 11 is 0. The van der Waals surface area contributed by atoms with Crippen LogP contribution in [0.5, 0.6) is 5.75 Å². The number of rotatable bonds is 6. The molecule has 2 aromatic rings. The Hall–Kier alpha value is -1.91. The molecule has 2 aliphatic heterocycles. The fourth-order valence-corrected chi connectivity index (χ4v) is 4.46. The minimum Gasteiger partial charge on any atom is -0.490 e. The van der Waals surface area contributed by atoms with Crippen LogP contribution in [-0.4, -0.2) is 74.8 Å². The topological polar surface area (TPSA) is 49.3 Å². The number of hydrogen-bond acceptors (Lipinski definition) is 4. The number of piperidine rings is 1. The van der Waals surface area contributed by atoms with E-state index >= 15 is 0 Å². The van der Waals surface area contributed by atoms with E-state index in [1.54, 1.807) is 12.1 Å². The second-order valence-electron chi connectivity index (χ2n) is 8.26. The zero-order valence-electron chi connectivity index (χ0n) is 19.2. The predicted octanol–water partition coefficient (Wildman–Crippen LogP) is 3.94. The molecule has 0 spiro atoms. The Morgan fingerprint density at radius 1 is 1.09 bits per heavy atom. The van der Waals surface area contributed by atoms with Gasteiger partial charge in [-0.1, -0.05) is 30.3 Å². The van der Waals surface area contributed by atoms with Crippen LogP contribution in [0.3, 0.4) is 0 Å². The molecule has 0 aromatic heterocycles. The monoisotopic (exact) mass is 568 g/mol. The average molecular weight is 568 g/mol. The van der Waals surface area contributed by atoms with Crippen molar-refractivity contribution < 1.29 is 13.9 Å². The highest BCUT2D eigenvalue weighted by Gasteiger charge is 2.26. The Bertz CT molecular complexity index is 872. The quantitative estimate of drug-likeness (QED) is 0.325. The van der Waals surface area contributed by atoms with Crippen LogP contribution in [0.2, 0.25) is 0 Å². The van der Waals surface area contributed by atoms with Gasteiger partial charge in [-0.25, -0.2) is 4.39 Å². The number of hydrogen-bond donors (Lipinski definition) is 1. The van der Waals surface area contributed by atoms with Crippen LogP contribution >= 0.6 is 24.0 Å². The van der Waals surface area contributed by atoms with E-state index in [0.29, 0.717) is 19.8 Å². The Morgan fingerprint density at radius 2 is 1.82 bits per heavy atom. The van der Waals surface area contributed by atoms with Gasteiger partial charge in [0.2, 0.25) is 0 Å². The number of morpholine rings is 1. The van der Waals surface area contributed by atoms with Crippen LogP contribution in [0.1, 0.15) is 24.4 Å². The number of benzene rings is 2. The number of aliphatic imine (C=N–C) groups is 1. The van der Waals surface area contributed by atoms with Gasteiger partial charge in [-0.15, -0.1) is 24.0 Å². The maximum absolute atomic E-state index is 13.9. The predicted molar refractivity (Wildman–Crippen MR) is 140 cm³/mol. The van der Waals surface area contributed by atoms with Gasteiger partial charge in [0, 0.05) is 52.6 Å². The van der Waals surface area contributed by atoms with Gasteiger partial charge in [0.1, 0.15) is 17.7 Å². The van der Waals surface area contributed by atoms with Gasteiger partial charge < -0.3 is 19.7 Å². The van der Waals surface area contributed by atoms with Crippen molar-refractivity contribution in [2.45, 2.75) is 25.0 Å². The summed E-state index contributed by atoms with van der Waals surface area (Å²) in [7, 11) is 1.82. The summed E-state index contributed by atoms with van der Waals surface area (Å²) in [5.41, 5.74) is 0.977. The third-order valence-electron chi connectivity index (χ3n) is 6.17. The van der Waals surface area contributed by atoms with Crippen molar-refractivity contribution in [2.75, 3.05) is 53.0 Å². The van der Waals surface area contributed by atoms with E-state index in [9.17, 15) is 4.39 Å². The van der Waals surface area contributed by atoms with Crippen LogP contribution in [0.15, 0.2) is 59.6 Å². The van der Waals surface area contributed by atoms with E-state index < -0.39 is 0 Å². The maximum atomic E-state index is 13.9. The molecule has 33 heavy (non-hydrogen) atoms. The van der Waals surface area contributed by atoms with Crippen LogP contribution < -0.4 is 10.1 Å². The average Bonchev–Trinajstić information content (AvgIpc) is 2.84. The molecular formula is C25H34FIN4O2. The highest BCUT2D eigenvalue weighted by atomic mass is 127. The first kappa shape index (κ1) is 25.7. The molecule has 1 N–H and O–H groups in total. The molecule has 8 heteroatoms. The number of halogens is 2. The SMILES string of the molecule is CN=C(NCC(c1cccc(F)c1)N1CCOCC1)N1CCC(Oc2ccccc2)CC1.I. The lowest BCUT2D eigenvalue weighted by Crippen LogP contribution is -2.50. The van der Waals surface area contributed by atoms with Crippen LogP contribution in [-0.2, 0) is 4.74 Å². The van der Waals surface area contributed by atoms with Crippen molar-refractivity contribution in [1.29, 1.82) is 0 Å². The van der Waals surface area contributed by atoms with Gasteiger partial charge in [-0.3, -0.25) is 9.89 Å². The number of likely N-dealkylation sites (tertiary alicyclic amines) is 1. The van der Waals surface area contributed by atoms with E-state index in [0.717, 1.165) is 56.3 Å². The van der Waals surface area contributed by atoms with Gasteiger partial charge in [0.25, 0.3) is 0 Å². The molecule has 0 aliphatic carbocycles. The zero-order chi connectivity index (χ0) is 22.2. The van der Waals surface area contributed by atoms with E-state index in [-0.39, 0.29) is 41.9 Å². The Labute approximate surface area is 213 Å². The third kappa shape index (κ3) is 7.28. The summed E-state index contributed by atoms with van der Waals surface area (Å²) in [6, 6.07) is 17.0. The lowest BCUT2D eigenvalue weighted by atomic mass is 10.0. The molecule has 0 bridgehead atoms. The van der Waals surface area contributed by atoms with E-state index in [1.807, 2.05) is 43.4 Å². The largest absolute Gasteiger partial charge is 0.490 e. The van der Waals surface area contributed by atoms with E-state index in [1.165, 1.54) is 6.07 Å². The second-order valence-corrected chi connectivity index (χ2v) is 8.26. The van der Waals surface area contributed by atoms with Crippen molar-refractivity contribution in [3.63, 3.8) is 0 Å². The van der Waals surface area contributed by atoms with Crippen LogP contribution in [0.4, 0.5) is 4.39 Å². The molecule has 180 valence electrons. The van der Waals surface area contributed by atoms with Gasteiger partial charge in [-0.05, 0) is 29.8 Å². The second kappa shape index (κ2) is 13.1. The molecule has 1 atom stereocenters. The number of nitrogens with zero attached hydrogens (tertiary/aromatic N) is 3. The molecule has 2 heterocycles. The van der Waals surface area contributed by atoms with Crippen molar-refractivity contribution >= 4 is 29.9 Å². The fourth-order valence-electron chi connectivity index (χ4n) is 4.46. The molecule has 2 fully saturated rings. The number of ether oxygens (including phenoxy) is 2. The molecule has 0 radical (unpaired) electrons. The number of para-hydroxylation sites is 1. The lowest BCUT2D eigenvalue weighted by molar-refractivity contribution is 0.0168. The molecule has 0 amide bonds. The zero-order valence-corrected chi connectivity index (χ0v) is 21.5. The molecule has 1 unspecified atom stereocenters. The van der Waals surface area contributed by atoms with Crippen LogP contribution in [0.25, 0.3) is 0 Å². The Kier molecular flexibility index (Phi) is 10.2. The Morgan fingerprint density at radius 3 is 2.48 bits per heavy atom. The number of guanidine groups is 1. The normalized spacial score (nSPS) is 19.0. The van der Waals surface area contributed by atoms with Gasteiger partial charge in [0.15, 0.2) is 5.96 Å². The molecule has 6 nitrogen and oxygen atoms in total. The van der Waals surface area contributed by atoms with Crippen molar-refractivity contribution in [3.8, 4) is 5.75 Å². The van der Waals surface area contributed by atoms with Crippen molar-refractivity contribution in [2.24, 2.45) is 4.99 Å². The Balaban J connectivity index is 0.00000306. The summed E-state index contributed by atoms with van der Waals surface area (Å²) in [6.07, 6.45) is 2.12. The van der Waals surface area contributed by atoms with Crippen molar-refractivity contribution in [1.82, 2.24) is 15.1 Å². The van der Waals surface area contributed by atoms with Crippen molar-refractivity contribution in [3.05, 3.63) is 66.0 Å². The molecule has 2 aromatic carbocycles. The van der Waals surface area contributed by atoms with Crippen LogP contribution in [0, 0.1) is 5.82 Å². The molecular weight excluding hydrogens is 534 g/mol. The molecule has 4 rings (SSSR count).